The summed E-state index contributed by atoms with van der Waals surface area (Å²) in [5, 5.41) is 8.96. The smallest absolute Gasteiger partial charge is 0.337 e. The number of nitrogens with zero attached hydrogens (tertiary/aromatic N) is 3. The van der Waals surface area contributed by atoms with E-state index in [1.165, 1.54) is 26.4 Å². The van der Waals surface area contributed by atoms with Crippen LogP contribution in [0.5, 0.6) is 0 Å². The number of esters is 1. The van der Waals surface area contributed by atoms with Gasteiger partial charge in [-0.15, -0.1) is 0 Å². The fourth-order valence-corrected chi connectivity index (χ4v) is 2.47. The SMILES string of the molecule is COC(=O)c1ccc(-c2nn(C)nc2C2CCC2)cc1. The summed E-state index contributed by atoms with van der Waals surface area (Å²) in [6.45, 7) is 0. The zero-order valence-corrected chi connectivity index (χ0v) is 11.7. The number of hydrogen-bond donors (Lipinski definition) is 0. The molecule has 5 heteroatoms. The molecule has 0 bridgehead atoms. The quantitative estimate of drug-likeness (QED) is 0.805. The third-order valence-corrected chi connectivity index (χ3v) is 3.81. The molecular formula is C15H17N3O2. The van der Waals surface area contributed by atoms with Crippen molar-refractivity contribution in [3.63, 3.8) is 0 Å². The van der Waals surface area contributed by atoms with E-state index in [2.05, 4.69) is 10.2 Å². The molecule has 104 valence electrons. The molecule has 0 radical (unpaired) electrons. The fraction of sp³-hybridized carbons (Fsp3) is 0.400. The van der Waals surface area contributed by atoms with Crippen LogP contribution in [0.25, 0.3) is 11.3 Å². The predicted molar refractivity (Wildman–Crippen MR) is 74.4 cm³/mol. The Labute approximate surface area is 117 Å². The summed E-state index contributed by atoms with van der Waals surface area (Å²) in [6.07, 6.45) is 3.64. The first kappa shape index (κ1) is 12.8. The van der Waals surface area contributed by atoms with Crippen LogP contribution >= 0.6 is 0 Å². The van der Waals surface area contributed by atoms with Crippen LogP contribution in [0.2, 0.25) is 0 Å². The average Bonchev–Trinajstić information content (AvgIpc) is 2.78. The number of carbonyl (C=O) groups is 1. The largest absolute Gasteiger partial charge is 0.465 e. The molecule has 1 saturated carbocycles. The lowest BCUT2D eigenvalue weighted by Crippen LogP contribution is -2.10. The fourth-order valence-electron chi connectivity index (χ4n) is 2.47. The van der Waals surface area contributed by atoms with Gasteiger partial charge in [0.15, 0.2) is 0 Å². The Morgan fingerprint density at radius 3 is 2.50 bits per heavy atom. The number of ether oxygens (including phenoxy) is 1. The normalized spacial score (nSPS) is 14.9. The lowest BCUT2D eigenvalue weighted by molar-refractivity contribution is 0.0601. The van der Waals surface area contributed by atoms with Gasteiger partial charge < -0.3 is 4.74 Å². The van der Waals surface area contributed by atoms with E-state index in [4.69, 9.17) is 4.74 Å². The minimum atomic E-state index is -0.324. The maximum absolute atomic E-state index is 11.4. The maximum atomic E-state index is 11.4. The average molecular weight is 271 g/mol. The third-order valence-electron chi connectivity index (χ3n) is 3.81. The zero-order valence-electron chi connectivity index (χ0n) is 11.7. The predicted octanol–water partition coefficient (Wildman–Crippen LogP) is 2.54. The van der Waals surface area contributed by atoms with Crippen LogP contribution in [-0.2, 0) is 11.8 Å². The monoisotopic (exact) mass is 271 g/mol. The number of aromatic nitrogens is 3. The number of carbonyl (C=O) groups excluding carboxylic acids is 1. The minimum Gasteiger partial charge on any atom is -0.465 e. The number of aryl methyl sites for hydroxylation is 1. The lowest BCUT2D eigenvalue weighted by Gasteiger charge is -2.23. The molecule has 1 aromatic carbocycles. The second-order valence-corrected chi connectivity index (χ2v) is 5.12. The summed E-state index contributed by atoms with van der Waals surface area (Å²) < 4.78 is 4.70. The van der Waals surface area contributed by atoms with Crippen molar-refractivity contribution in [2.24, 2.45) is 7.05 Å². The van der Waals surface area contributed by atoms with E-state index in [1.54, 1.807) is 16.9 Å². The van der Waals surface area contributed by atoms with Gasteiger partial charge in [0.1, 0.15) is 5.69 Å². The molecule has 0 spiro atoms. The van der Waals surface area contributed by atoms with Gasteiger partial charge in [0.05, 0.1) is 18.4 Å². The molecule has 0 atom stereocenters. The molecule has 0 unspecified atom stereocenters. The van der Waals surface area contributed by atoms with Gasteiger partial charge in [0.25, 0.3) is 0 Å². The van der Waals surface area contributed by atoms with Crippen molar-refractivity contribution in [3.8, 4) is 11.3 Å². The van der Waals surface area contributed by atoms with Crippen molar-refractivity contribution in [1.29, 1.82) is 0 Å². The Morgan fingerprint density at radius 2 is 1.95 bits per heavy atom. The van der Waals surface area contributed by atoms with Crippen molar-refractivity contribution in [3.05, 3.63) is 35.5 Å². The molecule has 3 rings (SSSR count). The van der Waals surface area contributed by atoms with Gasteiger partial charge >= 0.3 is 5.97 Å². The molecule has 0 saturated heterocycles. The van der Waals surface area contributed by atoms with E-state index >= 15 is 0 Å². The zero-order chi connectivity index (χ0) is 14.1. The molecule has 1 aromatic heterocycles. The van der Waals surface area contributed by atoms with Crippen molar-refractivity contribution in [1.82, 2.24) is 15.0 Å². The molecule has 20 heavy (non-hydrogen) atoms. The van der Waals surface area contributed by atoms with Gasteiger partial charge in [-0.2, -0.15) is 15.0 Å². The highest BCUT2D eigenvalue weighted by atomic mass is 16.5. The Balaban J connectivity index is 1.94. The molecule has 0 aliphatic heterocycles. The molecule has 0 N–H and O–H groups in total. The highest BCUT2D eigenvalue weighted by molar-refractivity contribution is 5.89. The second kappa shape index (κ2) is 5.07. The molecule has 1 fully saturated rings. The van der Waals surface area contributed by atoms with Crippen LogP contribution in [0.1, 0.15) is 41.2 Å². The van der Waals surface area contributed by atoms with Gasteiger partial charge in [-0.1, -0.05) is 18.6 Å². The van der Waals surface area contributed by atoms with E-state index < -0.39 is 0 Å². The highest BCUT2D eigenvalue weighted by Gasteiger charge is 2.26. The van der Waals surface area contributed by atoms with Crippen LogP contribution in [0.3, 0.4) is 0 Å². The number of hydrogen-bond acceptors (Lipinski definition) is 4. The Hall–Kier alpha value is -2.17. The molecule has 0 amide bonds. The van der Waals surface area contributed by atoms with Gasteiger partial charge in [-0.25, -0.2) is 4.79 Å². The van der Waals surface area contributed by atoms with Gasteiger partial charge in [0.2, 0.25) is 0 Å². The van der Waals surface area contributed by atoms with Crippen LogP contribution < -0.4 is 0 Å². The van der Waals surface area contributed by atoms with Crippen LogP contribution in [0.4, 0.5) is 0 Å². The molecule has 2 aromatic rings. The van der Waals surface area contributed by atoms with Gasteiger partial charge in [-0.3, -0.25) is 0 Å². The molecule has 5 nitrogen and oxygen atoms in total. The first-order valence-corrected chi connectivity index (χ1v) is 6.79. The number of rotatable bonds is 3. The number of benzene rings is 1. The maximum Gasteiger partial charge on any atom is 0.337 e. The Kier molecular flexibility index (Phi) is 3.26. The van der Waals surface area contributed by atoms with E-state index in [9.17, 15) is 4.79 Å². The van der Waals surface area contributed by atoms with Crippen molar-refractivity contribution in [2.45, 2.75) is 25.2 Å². The van der Waals surface area contributed by atoms with Crippen molar-refractivity contribution >= 4 is 5.97 Å². The summed E-state index contributed by atoms with van der Waals surface area (Å²) in [7, 11) is 3.22. The Morgan fingerprint density at radius 1 is 1.25 bits per heavy atom. The third kappa shape index (κ3) is 2.19. The molecule has 1 aliphatic carbocycles. The first-order valence-electron chi connectivity index (χ1n) is 6.79. The van der Waals surface area contributed by atoms with Crippen LogP contribution in [0, 0.1) is 0 Å². The molecular weight excluding hydrogens is 254 g/mol. The summed E-state index contributed by atoms with van der Waals surface area (Å²) >= 11 is 0. The summed E-state index contributed by atoms with van der Waals surface area (Å²) in [5.74, 6) is 0.203. The van der Waals surface area contributed by atoms with E-state index in [0.29, 0.717) is 11.5 Å². The van der Waals surface area contributed by atoms with Crippen molar-refractivity contribution in [2.75, 3.05) is 7.11 Å². The number of methoxy groups -OCH3 is 1. The molecule has 1 aliphatic rings. The van der Waals surface area contributed by atoms with Crippen molar-refractivity contribution < 1.29 is 9.53 Å². The van der Waals surface area contributed by atoms with Gasteiger partial charge in [-0.05, 0) is 25.0 Å². The van der Waals surface area contributed by atoms with Crippen LogP contribution in [0.15, 0.2) is 24.3 Å². The lowest BCUT2D eigenvalue weighted by atomic mass is 9.81. The second-order valence-electron chi connectivity index (χ2n) is 5.12. The topological polar surface area (TPSA) is 57.0 Å². The summed E-state index contributed by atoms with van der Waals surface area (Å²) in [5.41, 5.74) is 3.54. The summed E-state index contributed by atoms with van der Waals surface area (Å²) in [6, 6.07) is 7.33. The van der Waals surface area contributed by atoms with E-state index in [-0.39, 0.29) is 5.97 Å². The highest BCUT2D eigenvalue weighted by Crippen LogP contribution is 2.39. The van der Waals surface area contributed by atoms with E-state index in [1.807, 2.05) is 19.2 Å². The summed E-state index contributed by atoms with van der Waals surface area (Å²) in [4.78, 5) is 13.1. The minimum absolute atomic E-state index is 0.324. The Bertz CT molecular complexity index is 627. The van der Waals surface area contributed by atoms with E-state index in [0.717, 1.165) is 17.0 Å². The first-order chi connectivity index (χ1) is 9.69. The van der Waals surface area contributed by atoms with Gasteiger partial charge in [0, 0.05) is 18.5 Å². The standard InChI is InChI=1S/C15H17N3O2/c1-18-16-13(10-4-3-5-10)14(17-18)11-6-8-12(9-7-11)15(19)20-2/h6-10H,3-5H2,1-2H3. The van der Waals surface area contributed by atoms with Crippen LogP contribution in [-0.4, -0.2) is 28.1 Å². The molecule has 1 heterocycles.